The van der Waals surface area contributed by atoms with Gasteiger partial charge in [0, 0.05) is 28.8 Å². The van der Waals surface area contributed by atoms with E-state index >= 15 is 0 Å². The number of halogens is 2. The Kier molecular flexibility index (Phi) is 4.39. The third kappa shape index (κ3) is 3.30. The van der Waals surface area contributed by atoms with Gasteiger partial charge in [-0.25, -0.2) is 4.98 Å². The highest BCUT2D eigenvalue weighted by molar-refractivity contribution is 6.42. The minimum atomic E-state index is -0.404. The molecule has 0 radical (unpaired) electrons. The van der Waals surface area contributed by atoms with Gasteiger partial charge in [0.25, 0.3) is 0 Å². The number of nitrogens with one attached hydrogen (secondary N) is 1. The smallest absolute Gasteiger partial charge is 0.248 e. The number of hydrogen-bond donors (Lipinski definition) is 2. The van der Waals surface area contributed by atoms with E-state index in [1.54, 1.807) is 24.3 Å². The topological polar surface area (TPSA) is 70.9 Å². The van der Waals surface area contributed by atoms with Crippen molar-refractivity contribution >= 4 is 23.2 Å². The van der Waals surface area contributed by atoms with Gasteiger partial charge in [0.05, 0.1) is 10.0 Å². The molecule has 2 heterocycles. The van der Waals surface area contributed by atoms with Crippen LogP contribution in [0.3, 0.4) is 0 Å². The third-order valence-corrected chi connectivity index (χ3v) is 4.51. The van der Waals surface area contributed by atoms with E-state index in [1.165, 1.54) is 12.3 Å². The van der Waals surface area contributed by atoms with Gasteiger partial charge in [-0.05, 0) is 18.2 Å². The van der Waals surface area contributed by atoms with E-state index in [9.17, 15) is 10.0 Å². The highest BCUT2D eigenvalue weighted by atomic mass is 35.5. The molecule has 0 saturated carbocycles. The fourth-order valence-electron chi connectivity index (χ4n) is 2.59. The number of hydrogen-bond acceptors (Lipinski definition) is 3. The summed E-state index contributed by atoms with van der Waals surface area (Å²) in [6.07, 6.45) is 1.53. The second kappa shape index (κ2) is 6.24. The largest absolute Gasteiger partial charge is 0.427 e. The lowest BCUT2D eigenvalue weighted by Crippen LogP contribution is -2.18. The molecule has 0 aliphatic carbocycles. The van der Waals surface area contributed by atoms with E-state index < -0.39 is 5.41 Å². The molecule has 7 heteroatoms. The van der Waals surface area contributed by atoms with E-state index in [4.69, 9.17) is 23.2 Å². The first-order valence-corrected chi connectivity index (χ1v) is 8.41. The van der Waals surface area contributed by atoms with Crippen LogP contribution >= 0.6 is 23.2 Å². The number of aromatic nitrogens is 3. The highest BCUT2D eigenvalue weighted by Crippen LogP contribution is 2.37. The van der Waals surface area contributed by atoms with Crippen molar-refractivity contribution in [2.45, 2.75) is 26.2 Å². The molecule has 0 amide bonds. The Labute approximate surface area is 154 Å². The van der Waals surface area contributed by atoms with Crippen molar-refractivity contribution in [1.29, 1.82) is 0 Å². The average Bonchev–Trinajstić information content (AvgIpc) is 2.87. The maximum Gasteiger partial charge on any atom is 0.248 e. The van der Waals surface area contributed by atoms with Crippen LogP contribution in [0.15, 0.2) is 41.3 Å². The van der Waals surface area contributed by atoms with Crippen LogP contribution in [-0.2, 0) is 5.41 Å². The zero-order valence-electron chi connectivity index (χ0n) is 14.0. The van der Waals surface area contributed by atoms with Crippen molar-refractivity contribution in [3.8, 4) is 22.5 Å². The van der Waals surface area contributed by atoms with Gasteiger partial charge >= 0.3 is 0 Å². The van der Waals surface area contributed by atoms with Crippen molar-refractivity contribution in [1.82, 2.24) is 14.7 Å². The maximum absolute atomic E-state index is 11.7. The predicted molar refractivity (Wildman–Crippen MR) is 99.6 cm³/mol. The summed E-state index contributed by atoms with van der Waals surface area (Å²) in [4.78, 5) is 18.9. The first kappa shape index (κ1) is 17.6. The van der Waals surface area contributed by atoms with E-state index in [-0.39, 0.29) is 5.56 Å². The van der Waals surface area contributed by atoms with Crippen molar-refractivity contribution < 1.29 is 5.21 Å². The second-order valence-corrected chi connectivity index (χ2v) is 7.58. The van der Waals surface area contributed by atoms with Gasteiger partial charge in [-0.2, -0.15) is 4.73 Å². The summed E-state index contributed by atoms with van der Waals surface area (Å²) in [6.45, 7) is 5.84. The number of benzene rings is 1. The molecule has 25 heavy (non-hydrogen) atoms. The summed E-state index contributed by atoms with van der Waals surface area (Å²) < 4.78 is 1.03. The Balaban J connectivity index is 2.33. The molecular formula is C18H17Cl2N3O2. The van der Waals surface area contributed by atoms with Gasteiger partial charge in [-0.3, -0.25) is 4.79 Å². The molecule has 0 aliphatic heterocycles. The van der Waals surface area contributed by atoms with Crippen LogP contribution in [0.2, 0.25) is 10.0 Å². The Morgan fingerprint density at radius 2 is 1.80 bits per heavy atom. The van der Waals surface area contributed by atoms with Crippen LogP contribution in [0.25, 0.3) is 22.5 Å². The van der Waals surface area contributed by atoms with Crippen LogP contribution in [0, 0.1) is 0 Å². The minimum absolute atomic E-state index is 0.268. The molecule has 0 bridgehead atoms. The molecule has 2 N–H and O–H groups in total. The average molecular weight is 378 g/mol. The minimum Gasteiger partial charge on any atom is -0.427 e. The molecule has 3 aromatic rings. The van der Waals surface area contributed by atoms with E-state index in [0.717, 1.165) is 4.73 Å². The highest BCUT2D eigenvalue weighted by Gasteiger charge is 2.27. The van der Waals surface area contributed by atoms with Crippen molar-refractivity contribution in [2.75, 3.05) is 0 Å². The summed E-state index contributed by atoms with van der Waals surface area (Å²) in [7, 11) is 0. The molecule has 0 saturated heterocycles. The van der Waals surface area contributed by atoms with Gasteiger partial charge in [-0.1, -0.05) is 50.0 Å². The Morgan fingerprint density at radius 3 is 2.40 bits per heavy atom. The van der Waals surface area contributed by atoms with Crippen LogP contribution in [-0.4, -0.2) is 19.9 Å². The Hall–Kier alpha value is -2.24. The van der Waals surface area contributed by atoms with Gasteiger partial charge in [-0.15, -0.1) is 0 Å². The fourth-order valence-corrected chi connectivity index (χ4v) is 2.89. The molecule has 2 aromatic heterocycles. The lowest BCUT2D eigenvalue weighted by Gasteiger charge is -2.16. The molecule has 5 nitrogen and oxygen atoms in total. The number of H-pyrrole nitrogens is 1. The Bertz CT molecular complexity index is 1000. The summed E-state index contributed by atoms with van der Waals surface area (Å²) in [6, 6.07) is 8.26. The van der Waals surface area contributed by atoms with Gasteiger partial charge in [0.15, 0.2) is 5.82 Å². The third-order valence-electron chi connectivity index (χ3n) is 3.77. The summed E-state index contributed by atoms with van der Waals surface area (Å²) in [5, 5.41) is 11.6. The molecular weight excluding hydrogens is 361 g/mol. The van der Waals surface area contributed by atoms with Gasteiger partial charge in [0.2, 0.25) is 5.56 Å². The number of aromatic amines is 1. The standard InChI is InChI=1S/C18H17Cl2N3O2/c1-18(2,3)17-22-15(10-4-5-12(19)13(20)8-10)16(23(17)25)11-6-7-21-14(24)9-11/h4-9,25H,1-3H3,(H,21,24). The van der Waals surface area contributed by atoms with Gasteiger partial charge < -0.3 is 10.2 Å². The predicted octanol–water partition coefficient (Wildman–Crippen LogP) is 4.75. The second-order valence-electron chi connectivity index (χ2n) is 6.76. The number of rotatable bonds is 2. The van der Waals surface area contributed by atoms with Crippen molar-refractivity contribution in [2.24, 2.45) is 0 Å². The van der Waals surface area contributed by atoms with Crippen LogP contribution < -0.4 is 5.56 Å². The van der Waals surface area contributed by atoms with E-state index in [2.05, 4.69) is 9.97 Å². The first-order chi connectivity index (χ1) is 11.7. The summed E-state index contributed by atoms with van der Waals surface area (Å²) in [5.41, 5.74) is 1.53. The molecule has 0 aliphatic rings. The quantitative estimate of drug-likeness (QED) is 0.633. The van der Waals surface area contributed by atoms with Crippen LogP contribution in [0.1, 0.15) is 26.6 Å². The van der Waals surface area contributed by atoms with E-state index in [1.807, 2.05) is 20.8 Å². The maximum atomic E-state index is 11.7. The fraction of sp³-hybridized carbons (Fsp3) is 0.222. The number of nitrogens with zero attached hydrogens (tertiary/aromatic N) is 2. The molecule has 130 valence electrons. The lowest BCUT2D eigenvalue weighted by molar-refractivity contribution is 0.168. The van der Waals surface area contributed by atoms with Gasteiger partial charge in [0.1, 0.15) is 11.4 Å². The number of imidazole rings is 1. The zero-order chi connectivity index (χ0) is 18.4. The molecule has 0 spiro atoms. The number of pyridine rings is 1. The summed E-state index contributed by atoms with van der Waals surface area (Å²) in [5.74, 6) is 0.476. The Morgan fingerprint density at radius 1 is 1.08 bits per heavy atom. The van der Waals surface area contributed by atoms with Crippen LogP contribution in [0.5, 0.6) is 0 Å². The van der Waals surface area contributed by atoms with Crippen LogP contribution in [0.4, 0.5) is 0 Å². The SMILES string of the molecule is CC(C)(C)c1nc(-c2ccc(Cl)c(Cl)c2)c(-c2cc[nH]c(=O)c2)n1O. The first-order valence-electron chi connectivity index (χ1n) is 7.65. The van der Waals surface area contributed by atoms with Crippen molar-refractivity contribution in [3.63, 3.8) is 0 Å². The zero-order valence-corrected chi connectivity index (χ0v) is 15.5. The van der Waals surface area contributed by atoms with Crippen molar-refractivity contribution in [3.05, 3.63) is 62.8 Å². The molecule has 3 rings (SSSR count). The molecule has 1 aromatic carbocycles. The monoisotopic (exact) mass is 377 g/mol. The lowest BCUT2D eigenvalue weighted by atomic mass is 9.96. The normalized spacial score (nSPS) is 11.7. The summed E-state index contributed by atoms with van der Waals surface area (Å²) >= 11 is 12.1. The molecule has 0 atom stereocenters. The molecule has 0 unspecified atom stereocenters. The van der Waals surface area contributed by atoms with E-state index in [0.29, 0.717) is 38.4 Å². The molecule has 0 fully saturated rings.